The van der Waals surface area contributed by atoms with Crippen LogP contribution < -0.4 is 11.4 Å². The van der Waals surface area contributed by atoms with Crippen molar-refractivity contribution >= 4 is 53.2 Å². The van der Waals surface area contributed by atoms with E-state index in [9.17, 15) is 4.79 Å². The Morgan fingerprint density at radius 3 is 2.53 bits per heavy atom. The van der Waals surface area contributed by atoms with E-state index in [4.69, 9.17) is 22.2 Å². The highest BCUT2D eigenvalue weighted by molar-refractivity contribution is 6.30. The molecule has 0 amide bonds. The average Bonchev–Trinajstić information content (AvgIpc) is 3.15. The lowest BCUT2D eigenvalue weighted by molar-refractivity contribution is 0.151. The molecule has 2 heterocycles. The Labute approximate surface area is 217 Å². The van der Waals surface area contributed by atoms with Gasteiger partial charge >= 0.3 is 5.69 Å². The molecule has 7 nitrogen and oxygen atoms in total. The number of aromatic amines is 1. The zero-order chi connectivity index (χ0) is 22.3. The van der Waals surface area contributed by atoms with Crippen molar-refractivity contribution in [2.75, 3.05) is 32.8 Å². The van der Waals surface area contributed by atoms with Crippen molar-refractivity contribution < 1.29 is 4.84 Å². The van der Waals surface area contributed by atoms with Gasteiger partial charge in [-0.3, -0.25) is 4.57 Å². The van der Waals surface area contributed by atoms with Gasteiger partial charge in [0.05, 0.1) is 16.7 Å². The molecule has 0 bridgehead atoms. The van der Waals surface area contributed by atoms with E-state index in [0.717, 1.165) is 67.6 Å². The number of nitrogens with two attached hydrogens (primary N) is 1. The Balaban J connectivity index is 0.00000204. The predicted octanol–water partition coefficient (Wildman–Crippen LogP) is 4.62. The van der Waals surface area contributed by atoms with Crippen LogP contribution in [0.15, 0.2) is 58.5 Å². The fraction of sp³-hybridized carbons (Fsp3) is 0.417. The van der Waals surface area contributed by atoms with Gasteiger partial charge in [-0.25, -0.2) is 4.79 Å². The van der Waals surface area contributed by atoms with E-state index in [1.807, 2.05) is 53.1 Å². The maximum Gasteiger partial charge on any atom is 0.326 e. The monoisotopic (exact) mass is 527 g/mol. The van der Waals surface area contributed by atoms with Gasteiger partial charge in [-0.2, -0.15) is 0 Å². The number of H-pyrrole nitrogens is 1. The maximum atomic E-state index is 12.5. The molecule has 3 aromatic rings. The molecular formula is C24H32Cl3N5O2. The Morgan fingerprint density at radius 1 is 1.12 bits per heavy atom. The van der Waals surface area contributed by atoms with Crippen LogP contribution in [0.1, 0.15) is 37.3 Å². The van der Waals surface area contributed by atoms with Crippen LogP contribution in [0.4, 0.5) is 0 Å². The Kier molecular flexibility index (Phi) is 11.4. The molecule has 186 valence electrons. The van der Waals surface area contributed by atoms with Gasteiger partial charge in [0, 0.05) is 30.7 Å². The fourth-order valence-electron chi connectivity index (χ4n) is 4.37. The molecule has 1 saturated heterocycles. The van der Waals surface area contributed by atoms with E-state index in [1.54, 1.807) is 0 Å². The molecule has 0 saturated carbocycles. The summed E-state index contributed by atoms with van der Waals surface area (Å²) >= 11 is 6.02. The van der Waals surface area contributed by atoms with Crippen LogP contribution in [-0.4, -0.2) is 52.9 Å². The van der Waals surface area contributed by atoms with Gasteiger partial charge in [0.1, 0.15) is 6.61 Å². The standard InChI is InChI=1S/C24H30ClN5O2.2ClH/c25-19-9-7-18(8-10-19)21(28-32-17-13-26)5-3-14-29-15-11-20(12-16-29)30-23-6-2-1-4-22(23)27-24(30)31;;/h1-2,4,6-10,20H,3,5,11-17,26H2,(H,27,31);2*1H/b28-21+;;. The molecule has 34 heavy (non-hydrogen) atoms. The quantitative estimate of drug-likeness (QED) is 0.241. The third-order valence-corrected chi connectivity index (χ3v) is 6.25. The third-order valence-electron chi connectivity index (χ3n) is 6.00. The van der Waals surface area contributed by atoms with E-state index in [2.05, 4.69) is 15.0 Å². The minimum Gasteiger partial charge on any atom is -0.394 e. The SMILES string of the molecule is Cl.Cl.NCCO/N=C(\CCCN1CCC(n2c(=O)[nH]c3ccccc32)CC1)c1ccc(Cl)cc1. The summed E-state index contributed by atoms with van der Waals surface area (Å²) < 4.78 is 1.94. The molecular weight excluding hydrogens is 497 g/mol. The highest BCUT2D eigenvalue weighted by Crippen LogP contribution is 2.25. The number of rotatable bonds is 9. The first-order valence-electron chi connectivity index (χ1n) is 11.2. The number of halogens is 3. The van der Waals surface area contributed by atoms with Crippen LogP contribution >= 0.6 is 36.4 Å². The number of benzene rings is 2. The number of likely N-dealkylation sites (tertiary alicyclic amines) is 1. The zero-order valence-corrected chi connectivity index (χ0v) is 21.4. The Morgan fingerprint density at radius 2 is 1.82 bits per heavy atom. The van der Waals surface area contributed by atoms with Gasteiger partial charge < -0.3 is 20.5 Å². The zero-order valence-electron chi connectivity index (χ0n) is 19.0. The molecule has 4 rings (SSSR count). The number of oxime groups is 1. The van der Waals surface area contributed by atoms with Gasteiger partial charge in [0.25, 0.3) is 0 Å². The summed E-state index contributed by atoms with van der Waals surface area (Å²) in [5.74, 6) is 0. The molecule has 0 radical (unpaired) electrons. The first-order chi connectivity index (χ1) is 15.7. The van der Waals surface area contributed by atoms with Crippen LogP contribution in [0.3, 0.4) is 0 Å². The number of imidazole rings is 1. The van der Waals surface area contributed by atoms with Crippen molar-refractivity contribution in [3.8, 4) is 0 Å². The summed E-state index contributed by atoms with van der Waals surface area (Å²) in [5, 5.41) is 5.02. The van der Waals surface area contributed by atoms with Crippen molar-refractivity contribution in [1.82, 2.24) is 14.5 Å². The molecule has 1 aliphatic heterocycles. The minimum atomic E-state index is -0.00838. The van der Waals surface area contributed by atoms with Crippen LogP contribution in [0.25, 0.3) is 11.0 Å². The molecule has 2 aromatic carbocycles. The second kappa shape index (κ2) is 13.8. The van der Waals surface area contributed by atoms with E-state index >= 15 is 0 Å². The number of nitrogens with one attached hydrogen (secondary N) is 1. The average molecular weight is 529 g/mol. The first-order valence-corrected chi connectivity index (χ1v) is 11.6. The molecule has 0 aliphatic carbocycles. The highest BCUT2D eigenvalue weighted by atomic mass is 35.5. The molecule has 1 aromatic heterocycles. The normalized spacial score (nSPS) is 15.1. The lowest BCUT2D eigenvalue weighted by Crippen LogP contribution is -2.37. The van der Waals surface area contributed by atoms with Gasteiger partial charge in [-0.05, 0) is 62.1 Å². The summed E-state index contributed by atoms with van der Waals surface area (Å²) in [4.78, 5) is 23.3. The van der Waals surface area contributed by atoms with Gasteiger partial charge in [0.2, 0.25) is 0 Å². The van der Waals surface area contributed by atoms with Crippen molar-refractivity contribution in [3.05, 3.63) is 69.6 Å². The topological polar surface area (TPSA) is 88.6 Å². The van der Waals surface area contributed by atoms with Crippen molar-refractivity contribution in [3.63, 3.8) is 0 Å². The molecule has 10 heteroatoms. The Hall–Kier alpha value is -2.03. The summed E-state index contributed by atoms with van der Waals surface area (Å²) in [7, 11) is 0. The number of hydrogen-bond acceptors (Lipinski definition) is 5. The van der Waals surface area contributed by atoms with Gasteiger partial charge in [-0.15, -0.1) is 24.8 Å². The van der Waals surface area contributed by atoms with Crippen LogP contribution in [0.2, 0.25) is 5.02 Å². The van der Waals surface area contributed by atoms with E-state index in [1.165, 1.54) is 0 Å². The third kappa shape index (κ3) is 6.99. The van der Waals surface area contributed by atoms with E-state index in [-0.39, 0.29) is 36.5 Å². The second-order valence-corrected chi connectivity index (χ2v) is 8.60. The van der Waals surface area contributed by atoms with Crippen molar-refractivity contribution in [2.24, 2.45) is 10.9 Å². The van der Waals surface area contributed by atoms with E-state index in [0.29, 0.717) is 18.2 Å². The molecule has 0 spiro atoms. The van der Waals surface area contributed by atoms with Gasteiger partial charge in [0.15, 0.2) is 0 Å². The largest absolute Gasteiger partial charge is 0.394 e. The maximum absolute atomic E-state index is 12.5. The summed E-state index contributed by atoms with van der Waals surface area (Å²) in [5.41, 5.74) is 9.34. The molecule has 0 atom stereocenters. The number of piperidine rings is 1. The van der Waals surface area contributed by atoms with Gasteiger partial charge in [-0.1, -0.05) is 41.0 Å². The van der Waals surface area contributed by atoms with Crippen LogP contribution in [0, 0.1) is 0 Å². The second-order valence-electron chi connectivity index (χ2n) is 8.16. The highest BCUT2D eigenvalue weighted by Gasteiger charge is 2.23. The lowest BCUT2D eigenvalue weighted by atomic mass is 10.0. The van der Waals surface area contributed by atoms with Crippen molar-refractivity contribution in [1.29, 1.82) is 0 Å². The summed E-state index contributed by atoms with van der Waals surface area (Å²) in [6.07, 6.45) is 3.73. The first kappa shape index (κ1) is 28.2. The van der Waals surface area contributed by atoms with E-state index < -0.39 is 0 Å². The predicted molar refractivity (Wildman–Crippen MR) is 144 cm³/mol. The lowest BCUT2D eigenvalue weighted by Gasteiger charge is -2.32. The molecule has 3 N–H and O–H groups in total. The number of hydrogen-bond donors (Lipinski definition) is 2. The molecule has 1 aliphatic rings. The number of para-hydroxylation sites is 2. The fourth-order valence-corrected chi connectivity index (χ4v) is 4.50. The Bertz CT molecular complexity index is 1110. The van der Waals surface area contributed by atoms with Crippen LogP contribution in [-0.2, 0) is 4.84 Å². The smallest absolute Gasteiger partial charge is 0.326 e. The number of nitrogens with zero attached hydrogens (tertiary/aromatic N) is 3. The molecule has 1 fully saturated rings. The summed E-state index contributed by atoms with van der Waals surface area (Å²) in [6.45, 7) is 3.78. The van der Waals surface area contributed by atoms with Crippen molar-refractivity contribution in [2.45, 2.75) is 31.7 Å². The minimum absolute atomic E-state index is 0. The molecule has 0 unspecified atom stereocenters. The number of aromatic nitrogens is 2. The van der Waals surface area contributed by atoms with Crippen LogP contribution in [0.5, 0.6) is 0 Å². The summed E-state index contributed by atoms with van der Waals surface area (Å²) in [6, 6.07) is 15.8. The number of fused-ring (bicyclic) bond motifs is 1.